The van der Waals surface area contributed by atoms with Gasteiger partial charge in [0.25, 0.3) is 0 Å². The molecule has 0 aliphatic rings. The topological polar surface area (TPSA) is 40.9 Å². The molecule has 0 amide bonds. The molecule has 1 N–H and O–H groups in total. The van der Waals surface area contributed by atoms with Crippen molar-refractivity contribution in [2.24, 2.45) is 0 Å². The molecule has 1 radical (unpaired) electrons. The molecular weight excluding hydrogens is 149 g/mol. The van der Waals surface area contributed by atoms with Gasteiger partial charge in [0.2, 0.25) is 0 Å². The third kappa shape index (κ3) is 25.6. The average molecular weight is 160 g/mol. The molecule has 0 aromatic rings. The summed E-state index contributed by atoms with van der Waals surface area (Å²) in [6, 6.07) is 0. The van der Waals surface area contributed by atoms with E-state index in [1.807, 2.05) is 0 Å². The van der Waals surface area contributed by atoms with Crippen molar-refractivity contribution in [3.63, 3.8) is 0 Å². The van der Waals surface area contributed by atoms with Crippen molar-refractivity contribution in [3.05, 3.63) is 6.92 Å². The summed E-state index contributed by atoms with van der Waals surface area (Å²) in [7, 11) is 0. The Labute approximate surface area is 88.1 Å². The monoisotopic (exact) mass is 160 g/mol. The molecule has 0 aliphatic heterocycles. The van der Waals surface area contributed by atoms with Crippen LogP contribution in [0.25, 0.3) is 0 Å². The van der Waals surface area contributed by atoms with Crippen LogP contribution in [0, 0.1) is 11.7 Å². The van der Waals surface area contributed by atoms with Gasteiger partial charge in [-0.15, -0.1) is 0 Å². The van der Waals surface area contributed by atoms with E-state index in [0.717, 1.165) is 55.4 Å². The van der Waals surface area contributed by atoms with Gasteiger partial charge in [-0.1, -0.05) is 0 Å². The van der Waals surface area contributed by atoms with Crippen LogP contribution >= 0.6 is 0 Å². The van der Waals surface area contributed by atoms with E-state index in [1.54, 1.807) is 0 Å². The van der Waals surface area contributed by atoms with Crippen LogP contribution in [0.1, 0.15) is 12.8 Å². The number of nitrogens with one attached hydrogen (secondary N) is 1. The van der Waals surface area contributed by atoms with Crippen LogP contribution in [0.2, 0.25) is 0.515 Å². The Morgan fingerprint density at radius 1 is 1.75 bits per heavy atom. The number of hydrogen-bond acceptors (Lipinski definition) is 2. The molecular formula is C4H11KNOS. The third-order valence-corrected chi connectivity index (χ3v) is 1.71. The minimum atomic E-state index is -0.917. The predicted octanol–water partition coefficient (Wildman–Crippen LogP) is 0.614. The fraction of sp³-hybridized carbons (Fsp3) is 0.750. The first-order chi connectivity index (χ1) is 3.83. The molecule has 0 unspecified atom stereocenters. The van der Waals surface area contributed by atoms with Gasteiger partial charge in [-0.25, -0.2) is 0 Å². The van der Waals surface area contributed by atoms with E-state index >= 15 is 0 Å². The van der Waals surface area contributed by atoms with E-state index in [-0.39, 0.29) is 0 Å². The Kier molecular flexibility index (Phi) is 24.3. The summed E-state index contributed by atoms with van der Waals surface area (Å²) >= 11 is 0.157. The van der Waals surface area contributed by atoms with E-state index in [9.17, 15) is 0 Å². The first-order valence-electron chi connectivity index (χ1n) is 2.66. The fourth-order valence-corrected chi connectivity index (χ4v) is 1.03. The van der Waals surface area contributed by atoms with Crippen molar-refractivity contribution in [2.75, 3.05) is 0 Å². The second-order valence-corrected chi connectivity index (χ2v) is 3.07. The molecule has 0 saturated heterocycles. The number of rotatable bonds is 2. The SMILES string of the molecule is N=[SH2]=O.[CH2]CC[CH2][K]. The summed E-state index contributed by atoms with van der Waals surface area (Å²) in [4.78, 5) is 0. The van der Waals surface area contributed by atoms with E-state index < -0.39 is 11.5 Å². The predicted molar refractivity (Wildman–Crippen MR) is 38.8 cm³/mol. The molecule has 0 spiro atoms. The molecule has 0 bridgehead atoms. The first-order valence-corrected chi connectivity index (χ1v) is 5.78. The van der Waals surface area contributed by atoms with Gasteiger partial charge in [-0.3, -0.25) is 8.99 Å². The van der Waals surface area contributed by atoms with Crippen LogP contribution in [-0.2, 0) is 11.5 Å². The van der Waals surface area contributed by atoms with E-state index in [0.29, 0.717) is 0 Å². The molecule has 8 heavy (non-hydrogen) atoms. The van der Waals surface area contributed by atoms with Gasteiger partial charge >= 0.3 is 69.2 Å². The molecule has 0 atom stereocenters. The summed E-state index contributed by atoms with van der Waals surface area (Å²) in [5.74, 6) is 0. The molecule has 0 aliphatic carbocycles. The van der Waals surface area contributed by atoms with Crippen molar-refractivity contribution < 1.29 is 4.21 Å². The van der Waals surface area contributed by atoms with E-state index in [4.69, 9.17) is 8.99 Å². The Balaban J connectivity index is 0. The summed E-state index contributed by atoms with van der Waals surface area (Å²) in [5, 5.41) is 0. The molecule has 0 fully saturated rings. The van der Waals surface area contributed by atoms with Crippen molar-refractivity contribution in [1.82, 2.24) is 0 Å². The molecule has 2 nitrogen and oxygen atoms in total. The fourth-order valence-electron chi connectivity index (χ4n) is 0.250. The summed E-state index contributed by atoms with van der Waals surface area (Å²) < 4.78 is 15.8. The van der Waals surface area contributed by atoms with Crippen LogP contribution in [0.4, 0.5) is 0 Å². The molecule has 0 aromatic heterocycles. The van der Waals surface area contributed by atoms with Gasteiger partial charge < -0.3 is 0 Å². The van der Waals surface area contributed by atoms with Crippen LogP contribution in [0.15, 0.2) is 0 Å². The Bertz CT molecular complexity index is 61.1. The van der Waals surface area contributed by atoms with Crippen molar-refractivity contribution in [2.45, 2.75) is 13.4 Å². The van der Waals surface area contributed by atoms with Gasteiger partial charge in [0.1, 0.15) is 0 Å². The van der Waals surface area contributed by atoms with Gasteiger partial charge in [-0.05, 0) is 0 Å². The molecule has 45 valence electrons. The normalized spacial score (nSPS) is 8.88. The number of unbranched alkanes of at least 4 members (excludes halogenated alkanes) is 1. The van der Waals surface area contributed by atoms with Crippen molar-refractivity contribution >= 4 is 60.4 Å². The first kappa shape index (κ1) is 12.3. The van der Waals surface area contributed by atoms with Crippen LogP contribution in [0.5, 0.6) is 0 Å². The maximum atomic E-state index is 8.62. The molecule has 0 heterocycles. The minimum absolute atomic E-state index is 0.917. The van der Waals surface area contributed by atoms with Crippen LogP contribution < -0.4 is 0 Å². The second kappa shape index (κ2) is 15.8. The van der Waals surface area contributed by atoms with Crippen LogP contribution in [0.3, 0.4) is 0 Å². The summed E-state index contributed by atoms with van der Waals surface area (Å²) in [6.45, 7) is 3.71. The Morgan fingerprint density at radius 2 is 2.12 bits per heavy atom. The average Bonchev–Trinajstić information content (AvgIpc) is 1.71. The Hall–Kier alpha value is 1.59. The van der Waals surface area contributed by atoms with Gasteiger partial charge in [-0.2, -0.15) is 0 Å². The van der Waals surface area contributed by atoms with Crippen molar-refractivity contribution in [1.29, 1.82) is 4.78 Å². The quantitative estimate of drug-likeness (QED) is 0.591. The molecule has 0 aromatic carbocycles. The van der Waals surface area contributed by atoms with Crippen molar-refractivity contribution in [3.8, 4) is 0 Å². The molecule has 0 saturated carbocycles. The number of hydrogen-bond donors (Lipinski definition) is 1. The van der Waals surface area contributed by atoms with Gasteiger partial charge in [0.15, 0.2) is 0 Å². The zero-order valence-corrected chi connectivity index (χ0v) is 9.36. The van der Waals surface area contributed by atoms with E-state index in [1.165, 1.54) is 6.94 Å². The zero-order valence-electron chi connectivity index (χ0n) is 5.24. The second-order valence-electron chi connectivity index (χ2n) is 1.31. The standard InChI is InChI=1S/C4H8.K.H3NOS/c1-3-4-2;;1-3-2/h1-4H2;;1H,3H2. The van der Waals surface area contributed by atoms with Gasteiger partial charge in [0, 0.05) is 11.5 Å². The Morgan fingerprint density at radius 3 is 2.12 bits per heavy atom. The maximum absolute atomic E-state index is 8.62. The van der Waals surface area contributed by atoms with Gasteiger partial charge in [0.05, 0.1) is 0 Å². The molecule has 4 heteroatoms. The van der Waals surface area contributed by atoms with E-state index in [2.05, 4.69) is 6.92 Å². The summed E-state index contributed by atoms with van der Waals surface area (Å²) in [6.07, 6.45) is 2.50. The third-order valence-electron chi connectivity index (χ3n) is 0.604. The molecule has 0 rings (SSSR count). The zero-order chi connectivity index (χ0) is 6.83. The van der Waals surface area contributed by atoms with Crippen LogP contribution in [-0.4, -0.2) is 53.2 Å². The summed E-state index contributed by atoms with van der Waals surface area (Å²) in [5.41, 5.74) is 0.